The summed E-state index contributed by atoms with van der Waals surface area (Å²) in [5.41, 5.74) is 0.803. The van der Waals surface area contributed by atoms with Crippen molar-refractivity contribution in [2.75, 3.05) is 0 Å². The Morgan fingerprint density at radius 1 is 1.29 bits per heavy atom. The molecule has 0 heterocycles. The molecule has 0 aliphatic heterocycles. The fraction of sp³-hybridized carbons (Fsp3) is 0.455. The van der Waals surface area contributed by atoms with E-state index in [0.29, 0.717) is 0 Å². The van der Waals surface area contributed by atoms with Crippen LogP contribution in [-0.2, 0) is 0 Å². The summed E-state index contributed by atoms with van der Waals surface area (Å²) in [5.74, 6) is -1.56. The molecular weight excluding hydrogens is 250 g/mol. The maximum Gasteiger partial charge on any atom is 0.159 e. The highest BCUT2D eigenvalue weighted by molar-refractivity contribution is 9.09. The lowest BCUT2D eigenvalue weighted by atomic mass is 10.1. The molecule has 0 spiro atoms. The minimum atomic E-state index is -0.788. The molecule has 0 saturated carbocycles. The zero-order chi connectivity index (χ0) is 10.6. The number of benzene rings is 1. The van der Waals surface area contributed by atoms with Gasteiger partial charge >= 0.3 is 0 Å². The number of hydrogen-bond donors (Lipinski definition) is 0. The average Bonchev–Trinajstić information content (AvgIpc) is 2.18. The summed E-state index contributed by atoms with van der Waals surface area (Å²) in [6.45, 7) is 2.10. The summed E-state index contributed by atoms with van der Waals surface area (Å²) in [6, 6.07) is 4.04. The molecule has 0 aromatic heterocycles. The van der Waals surface area contributed by atoms with Gasteiger partial charge in [-0.3, -0.25) is 0 Å². The molecule has 0 aliphatic rings. The first-order valence-corrected chi connectivity index (χ1v) is 5.65. The van der Waals surface area contributed by atoms with Crippen LogP contribution >= 0.6 is 15.9 Å². The maximum absolute atomic E-state index is 12.9. The van der Waals surface area contributed by atoms with Gasteiger partial charge in [0.05, 0.1) is 0 Å². The first-order valence-electron chi connectivity index (χ1n) is 4.74. The predicted molar refractivity (Wildman–Crippen MR) is 57.6 cm³/mol. The molecule has 0 saturated heterocycles. The Kier molecular flexibility index (Phi) is 4.52. The fourth-order valence-corrected chi connectivity index (χ4v) is 1.87. The Hall–Kier alpha value is -0.440. The van der Waals surface area contributed by atoms with Gasteiger partial charge < -0.3 is 0 Å². The van der Waals surface area contributed by atoms with Crippen LogP contribution in [-0.4, -0.2) is 0 Å². The van der Waals surface area contributed by atoms with Crippen molar-refractivity contribution in [2.45, 2.75) is 31.0 Å². The highest BCUT2D eigenvalue weighted by Gasteiger charge is 2.09. The topological polar surface area (TPSA) is 0 Å². The minimum absolute atomic E-state index is 0.123. The van der Waals surface area contributed by atoms with E-state index < -0.39 is 11.6 Å². The van der Waals surface area contributed by atoms with Crippen LogP contribution in [0.2, 0.25) is 0 Å². The van der Waals surface area contributed by atoms with Gasteiger partial charge in [0, 0.05) is 4.83 Å². The van der Waals surface area contributed by atoms with E-state index in [1.165, 1.54) is 12.1 Å². The number of alkyl halides is 1. The standard InChI is InChI=1S/C11H13BrF2/c1-2-3-4-9(12)8-5-6-10(13)11(14)7-8/h5-7,9H,2-4H2,1H3. The van der Waals surface area contributed by atoms with E-state index in [1.807, 2.05) is 0 Å². The van der Waals surface area contributed by atoms with Gasteiger partial charge in [-0.25, -0.2) is 8.78 Å². The summed E-state index contributed by atoms with van der Waals surface area (Å²) in [6.07, 6.45) is 3.13. The van der Waals surface area contributed by atoms with E-state index in [2.05, 4.69) is 22.9 Å². The summed E-state index contributed by atoms with van der Waals surface area (Å²) >= 11 is 3.46. The normalized spacial score (nSPS) is 12.9. The van der Waals surface area contributed by atoms with Crippen LogP contribution in [0.3, 0.4) is 0 Å². The number of unbranched alkanes of at least 4 members (excludes halogenated alkanes) is 1. The monoisotopic (exact) mass is 262 g/mol. The molecule has 1 aromatic rings. The molecule has 0 amide bonds. The van der Waals surface area contributed by atoms with Gasteiger partial charge in [-0.2, -0.15) is 0 Å². The lowest BCUT2D eigenvalue weighted by Gasteiger charge is -2.09. The number of halogens is 3. The fourth-order valence-electron chi connectivity index (χ4n) is 1.26. The van der Waals surface area contributed by atoms with Gasteiger partial charge in [-0.15, -0.1) is 0 Å². The van der Waals surface area contributed by atoms with Gasteiger partial charge in [0.15, 0.2) is 11.6 Å². The van der Waals surface area contributed by atoms with Crippen molar-refractivity contribution in [3.8, 4) is 0 Å². The smallest absolute Gasteiger partial charge is 0.159 e. The largest absolute Gasteiger partial charge is 0.204 e. The zero-order valence-corrected chi connectivity index (χ0v) is 9.65. The SMILES string of the molecule is CCCCC(Br)c1ccc(F)c(F)c1. The molecular formula is C11H13BrF2. The van der Waals surface area contributed by atoms with Crippen molar-refractivity contribution in [1.82, 2.24) is 0 Å². The maximum atomic E-state index is 12.9. The molecule has 14 heavy (non-hydrogen) atoms. The Morgan fingerprint density at radius 3 is 2.57 bits per heavy atom. The molecule has 0 bridgehead atoms. The number of hydrogen-bond acceptors (Lipinski definition) is 0. The average molecular weight is 263 g/mol. The van der Waals surface area contributed by atoms with Gasteiger partial charge in [-0.05, 0) is 24.1 Å². The number of rotatable bonds is 4. The van der Waals surface area contributed by atoms with Gasteiger partial charge in [0.25, 0.3) is 0 Å². The molecule has 1 aromatic carbocycles. The first-order chi connectivity index (χ1) is 6.65. The van der Waals surface area contributed by atoms with E-state index >= 15 is 0 Å². The van der Waals surface area contributed by atoms with E-state index in [1.54, 1.807) is 6.07 Å². The van der Waals surface area contributed by atoms with E-state index in [4.69, 9.17) is 0 Å². The molecule has 0 aliphatic carbocycles. The van der Waals surface area contributed by atoms with Crippen LogP contribution in [0.5, 0.6) is 0 Å². The van der Waals surface area contributed by atoms with Gasteiger partial charge in [0.2, 0.25) is 0 Å². The Bertz CT molecular complexity index is 299. The summed E-state index contributed by atoms with van der Waals surface area (Å²) in [4.78, 5) is 0.123. The second kappa shape index (κ2) is 5.44. The van der Waals surface area contributed by atoms with Crippen molar-refractivity contribution in [3.63, 3.8) is 0 Å². The van der Waals surface area contributed by atoms with Crippen molar-refractivity contribution < 1.29 is 8.78 Å². The third kappa shape index (κ3) is 3.05. The highest BCUT2D eigenvalue weighted by atomic mass is 79.9. The van der Waals surface area contributed by atoms with Gasteiger partial charge in [0.1, 0.15) is 0 Å². The Morgan fingerprint density at radius 2 is 2.00 bits per heavy atom. The predicted octanol–water partition coefficient (Wildman–Crippen LogP) is 4.59. The molecule has 78 valence electrons. The molecule has 1 atom stereocenters. The van der Waals surface area contributed by atoms with Crippen molar-refractivity contribution in [3.05, 3.63) is 35.4 Å². The van der Waals surface area contributed by atoms with Gasteiger partial charge in [-0.1, -0.05) is 41.8 Å². The summed E-state index contributed by atoms with van der Waals surface area (Å²) < 4.78 is 25.5. The van der Waals surface area contributed by atoms with E-state index in [0.717, 1.165) is 24.8 Å². The summed E-state index contributed by atoms with van der Waals surface area (Å²) in [5, 5.41) is 0. The molecule has 0 fully saturated rings. The van der Waals surface area contributed by atoms with Crippen LogP contribution in [0.25, 0.3) is 0 Å². The van der Waals surface area contributed by atoms with E-state index in [-0.39, 0.29) is 4.83 Å². The molecule has 0 N–H and O–H groups in total. The van der Waals surface area contributed by atoms with Crippen LogP contribution in [0.1, 0.15) is 36.6 Å². The Balaban J connectivity index is 2.70. The van der Waals surface area contributed by atoms with Crippen LogP contribution in [0, 0.1) is 11.6 Å². The molecule has 1 rings (SSSR count). The second-order valence-electron chi connectivity index (χ2n) is 3.28. The van der Waals surface area contributed by atoms with Crippen molar-refractivity contribution in [2.24, 2.45) is 0 Å². The first kappa shape index (κ1) is 11.6. The second-order valence-corrected chi connectivity index (χ2v) is 4.39. The molecule has 1 unspecified atom stereocenters. The third-order valence-electron chi connectivity index (χ3n) is 2.12. The zero-order valence-electron chi connectivity index (χ0n) is 8.06. The Labute approximate surface area is 91.5 Å². The van der Waals surface area contributed by atoms with Crippen molar-refractivity contribution in [1.29, 1.82) is 0 Å². The van der Waals surface area contributed by atoms with Crippen LogP contribution in [0.4, 0.5) is 8.78 Å². The van der Waals surface area contributed by atoms with Crippen LogP contribution < -0.4 is 0 Å². The van der Waals surface area contributed by atoms with Crippen LogP contribution in [0.15, 0.2) is 18.2 Å². The molecule has 3 heteroatoms. The lowest BCUT2D eigenvalue weighted by Crippen LogP contribution is -1.93. The lowest BCUT2D eigenvalue weighted by molar-refractivity contribution is 0.506. The quantitative estimate of drug-likeness (QED) is 0.697. The molecule has 0 nitrogen and oxygen atoms in total. The molecule has 0 radical (unpaired) electrons. The van der Waals surface area contributed by atoms with E-state index in [9.17, 15) is 8.78 Å². The summed E-state index contributed by atoms with van der Waals surface area (Å²) in [7, 11) is 0. The minimum Gasteiger partial charge on any atom is -0.204 e. The van der Waals surface area contributed by atoms with Crippen molar-refractivity contribution >= 4 is 15.9 Å². The third-order valence-corrected chi connectivity index (χ3v) is 3.10. The highest BCUT2D eigenvalue weighted by Crippen LogP contribution is 2.29.